The van der Waals surface area contributed by atoms with Gasteiger partial charge in [0, 0.05) is 53.2 Å². The number of hydrogen-bond donors (Lipinski definition) is 1. The van der Waals surface area contributed by atoms with Gasteiger partial charge in [-0.3, -0.25) is 4.79 Å². The van der Waals surface area contributed by atoms with E-state index in [0.29, 0.717) is 45.3 Å². The molecule has 2 rings (SSSR count). The summed E-state index contributed by atoms with van der Waals surface area (Å²) in [5.74, 6) is 1.49. The van der Waals surface area contributed by atoms with E-state index in [9.17, 15) is 9.59 Å². The van der Waals surface area contributed by atoms with Gasteiger partial charge < -0.3 is 29.2 Å². The number of hydrogen-bond acceptors (Lipinski definition) is 5. The van der Waals surface area contributed by atoms with Crippen LogP contribution < -0.4 is 5.32 Å². The summed E-state index contributed by atoms with van der Waals surface area (Å²) >= 11 is 0. The van der Waals surface area contributed by atoms with Crippen LogP contribution in [0.4, 0.5) is 4.79 Å². The molecule has 0 spiro atoms. The van der Waals surface area contributed by atoms with Gasteiger partial charge in [-0.25, -0.2) is 9.79 Å². The van der Waals surface area contributed by atoms with Crippen molar-refractivity contribution in [3.63, 3.8) is 0 Å². The molecule has 0 unspecified atom stereocenters. The molecule has 0 aliphatic carbocycles. The monoisotopic (exact) mass is 507 g/mol. The lowest BCUT2D eigenvalue weighted by molar-refractivity contribution is -0.127. The highest BCUT2D eigenvalue weighted by atomic mass is 127. The van der Waals surface area contributed by atoms with Gasteiger partial charge in [0.1, 0.15) is 12.3 Å². The Bertz CT molecular complexity index is 628. The predicted molar refractivity (Wildman–Crippen MR) is 117 cm³/mol. The molecule has 0 saturated carbocycles. The maximum atomic E-state index is 11.9. The van der Waals surface area contributed by atoms with Gasteiger partial charge in [0.15, 0.2) is 5.96 Å². The molecule has 28 heavy (non-hydrogen) atoms. The molecule has 0 bridgehead atoms. The van der Waals surface area contributed by atoms with Crippen LogP contribution in [0, 0.1) is 0 Å². The number of halogens is 1. The molecule has 1 aromatic rings. The molecular weight excluding hydrogens is 477 g/mol. The zero-order chi connectivity index (χ0) is 19.6. The van der Waals surface area contributed by atoms with Gasteiger partial charge in [-0.05, 0) is 19.1 Å². The average molecular weight is 507 g/mol. The van der Waals surface area contributed by atoms with E-state index in [4.69, 9.17) is 9.15 Å². The van der Waals surface area contributed by atoms with Crippen molar-refractivity contribution in [1.29, 1.82) is 0 Å². The standard InChI is InChI=1S/C18H29N5O4.HI/c1-4-26-18(25)23-11-9-22(10-12-23)17(20-14-16(24)21(2)3)19-8-7-15-6-5-13-27-15;/h5-6,13H,4,7-12,14H2,1-3H3,(H,19,20);1H. The lowest BCUT2D eigenvalue weighted by Gasteiger charge is -2.36. The zero-order valence-electron chi connectivity index (χ0n) is 16.7. The number of piperazine rings is 1. The smallest absolute Gasteiger partial charge is 0.409 e. The molecule has 1 fully saturated rings. The molecule has 1 aliphatic rings. The number of carbonyl (C=O) groups excluding carboxylic acids is 2. The number of nitrogens with one attached hydrogen (secondary N) is 1. The Morgan fingerprint density at radius 2 is 1.93 bits per heavy atom. The third-order valence-electron chi connectivity index (χ3n) is 4.20. The van der Waals surface area contributed by atoms with Crippen molar-refractivity contribution in [3.05, 3.63) is 24.2 Å². The SMILES string of the molecule is CCOC(=O)N1CCN(C(=NCC(=O)N(C)C)NCCc2ccco2)CC1.I. The Labute approximate surface area is 183 Å². The minimum absolute atomic E-state index is 0. The lowest BCUT2D eigenvalue weighted by atomic mass is 10.3. The van der Waals surface area contributed by atoms with Crippen LogP contribution in [-0.2, 0) is 16.0 Å². The summed E-state index contributed by atoms with van der Waals surface area (Å²) in [6.45, 7) is 5.24. The number of furan rings is 1. The van der Waals surface area contributed by atoms with Crippen LogP contribution in [0.2, 0.25) is 0 Å². The number of rotatable bonds is 6. The number of ether oxygens (including phenoxy) is 1. The van der Waals surface area contributed by atoms with Crippen molar-refractivity contribution in [1.82, 2.24) is 20.0 Å². The van der Waals surface area contributed by atoms with Crippen molar-refractivity contribution in [2.45, 2.75) is 13.3 Å². The molecule has 1 saturated heterocycles. The van der Waals surface area contributed by atoms with E-state index in [1.165, 1.54) is 4.90 Å². The van der Waals surface area contributed by atoms with E-state index >= 15 is 0 Å². The largest absolute Gasteiger partial charge is 0.469 e. The van der Waals surface area contributed by atoms with E-state index in [1.54, 1.807) is 32.2 Å². The van der Waals surface area contributed by atoms with E-state index in [0.717, 1.165) is 12.2 Å². The van der Waals surface area contributed by atoms with E-state index < -0.39 is 0 Å². The first-order chi connectivity index (χ1) is 13.0. The van der Waals surface area contributed by atoms with Crippen LogP contribution >= 0.6 is 24.0 Å². The molecule has 0 radical (unpaired) electrons. The highest BCUT2D eigenvalue weighted by Gasteiger charge is 2.24. The van der Waals surface area contributed by atoms with Crippen LogP contribution in [-0.4, -0.2) is 92.6 Å². The molecule has 2 amide bonds. The normalized spacial score (nSPS) is 14.3. The molecule has 2 heterocycles. The maximum absolute atomic E-state index is 11.9. The summed E-state index contributed by atoms with van der Waals surface area (Å²) in [4.78, 5) is 33.5. The summed E-state index contributed by atoms with van der Waals surface area (Å²) in [6, 6.07) is 3.78. The number of guanidine groups is 1. The highest BCUT2D eigenvalue weighted by Crippen LogP contribution is 2.05. The number of amides is 2. The quantitative estimate of drug-likeness (QED) is 0.354. The molecule has 0 aromatic carbocycles. The Morgan fingerprint density at radius 1 is 1.25 bits per heavy atom. The lowest BCUT2D eigenvalue weighted by Crippen LogP contribution is -2.54. The molecule has 9 nitrogen and oxygen atoms in total. The number of aliphatic imine (C=N–C) groups is 1. The molecule has 0 atom stereocenters. The zero-order valence-corrected chi connectivity index (χ0v) is 19.0. The number of likely N-dealkylation sites (N-methyl/N-ethyl adjacent to an activating group) is 1. The van der Waals surface area contributed by atoms with E-state index in [-0.39, 0.29) is 42.5 Å². The predicted octanol–water partition coefficient (Wildman–Crippen LogP) is 1.25. The second-order valence-electron chi connectivity index (χ2n) is 6.36. The maximum Gasteiger partial charge on any atom is 0.409 e. The van der Waals surface area contributed by atoms with Crippen LogP contribution in [0.25, 0.3) is 0 Å². The average Bonchev–Trinajstić information content (AvgIpc) is 3.18. The highest BCUT2D eigenvalue weighted by molar-refractivity contribution is 14.0. The first-order valence-corrected chi connectivity index (χ1v) is 9.18. The van der Waals surface area contributed by atoms with Crippen molar-refractivity contribution in [2.24, 2.45) is 4.99 Å². The van der Waals surface area contributed by atoms with Crippen molar-refractivity contribution < 1.29 is 18.7 Å². The van der Waals surface area contributed by atoms with Gasteiger partial charge in [0.05, 0.1) is 12.9 Å². The second-order valence-corrected chi connectivity index (χ2v) is 6.36. The van der Waals surface area contributed by atoms with E-state index in [1.807, 2.05) is 12.1 Å². The molecule has 158 valence electrons. The topological polar surface area (TPSA) is 90.6 Å². The van der Waals surface area contributed by atoms with Crippen molar-refractivity contribution in [3.8, 4) is 0 Å². The number of carbonyl (C=O) groups is 2. The van der Waals surface area contributed by atoms with Crippen molar-refractivity contribution in [2.75, 3.05) is 60.0 Å². The fraction of sp³-hybridized carbons (Fsp3) is 0.611. The van der Waals surface area contributed by atoms with Gasteiger partial charge in [0.25, 0.3) is 0 Å². The molecule has 1 N–H and O–H groups in total. The van der Waals surface area contributed by atoms with Gasteiger partial charge in [-0.1, -0.05) is 0 Å². The Morgan fingerprint density at radius 3 is 2.50 bits per heavy atom. The number of nitrogens with zero attached hydrogens (tertiary/aromatic N) is 4. The summed E-state index contributed by atoms with van der Waals surface area (Å²) in [5.41, 5.74) is 0. The van der Waals surface area contributed by atoms with Crippen LogP contribution in [0.5, 0.6) is 0 Å². The van der Waals surface area contributed by atoms with E-state index in [2.05, 4.69) is 15.2 Å². The van der Waals surface area contributed by atoms with Crippen LogP contribution in [0.3, 0.4) is 0 Å². The third kappa shape index (κ3) is 7.56. The fourth-order valence-electron chi connectivity index (χ4n) is 2.62. The van der Waals surface area contributed by atoms with Gasteiger partial charge >= 0.3 is 6.09 Å². The minimum Gasteiger partial charge on any atom is -0.469 e. The third-order valence-corrected chi connectivity index (χ3v) is 4.20. The minimum atomic E-state index is -0.288. The van der Waals surface area contributed by atoms with Gasteiger partial charge in [0.2, 0.25) is 5.91 Å². The molecular formula is C18H30IN5O4. The molecule has 1 aromatic heterocycles. The Balaban J connectivity index is 0.00000392. The Kier molecular flexibility index (Phi) is 10.7. The Hall–Kier alpha value is -1.98. The fourth-order valence-corrected chi connectivity index (χ4v) is 2.62. The second kappa shape index (κ2) is 12.5. The first kappa shape index (κ1) is 24.1. The summed E-state index contributed by atoms with van der Waals surface area (Å²) in [6.07, 6.45) is 2.08. The molecule has 1 aliphatic heterocycles. The summed E-state index contributed by atoms with van der Waals surface area (Å²) in [7, 11) is 3.42. The first-order valence-electron chi connectivity index (χ1n) is 9.18. The van der Waals surface area contributed by atoms with Gasteiger partial charge in [-0.2, -0.15) is 0 Å². The molecule has 10 heteroatoms. The summed E-state index contributed by atoms with van der Waals surface area (Å²) in [5, 5.41) is 3.30. The van der Waals surface area contributed by atoms with Crippen molar-refractivity contribution >= 4 is 41.9 Å². The van der Waals surface area contributed by atoms with Crippen LogP contribution in [0.1, 0.15) is 12.7 Å². The van der Waals surface area contributed by atoms with Gasteiger partial charge in [-0.15, -0.1) is 24.0 Å². The summed E-state index contributed by atoms with van der Waals surface area (Å²) < 4.78 is 10.4. The van der Waals surface area contributed by atoms with Crippen LogP contribution in [0.15, 0.2) is 27.8 Å².